The number of ether oxygens (including phenoxy) is 1. The Hall–Kier alpha value is -1.37. The molecule has 0 radical (unpaired) electrons. The number of aliphatic hydroxyl groups is 1. The zero-order chi connectivity index (χ0) is 18.2. The number of benzene rings is 1. The molecule has 1 fully saturated rings. The molecule has 6 heteroatoms. The lowest BCUT2D eigenvalue weighted by molar-refractivity contribution is -0.0118. The number of carbonyl (C=O) groups excluding carboxylic acids is 1. The standard InChI is InChI=1S/C18H27BO5/c1-7-18(6)17(4,5)23-19(24-18)15-13(11-20)9-8-10-14(15)22-12-16(2,3)21/h8-11,21H,7,12H2,1-6H3. The molecular weight excluding hydrogens is 307 g/mol. The summed E-state index contributed by atoms with van der Waals surface area (Å²) in [4.78, 5) is 11.5. The van der Waals surface area contributed by atoms with E-state index in [1.54, 1.807) is 32.0 Å². The fraction of sp³-hybridized carbons (Fsp3) is 0.611. The van der Waals surface area contributed by atoms with Gasteiger partial charge in [0.05, 0.1) is 16.8 Å². The van der Waals surface area contributed by atoms with E-state index in [4.69, 9.17) is 14.0 Å². The van der Waals surface area contributed by atoms with Crippen LogP contribution in [0.1, 0.15) is 58.3 Å². The van der Waals surface area contributed by atoms with E-state index in [1.165, 1.54) is 0 Å². The molecule has 1 unspecified atom stereocenters. The monoisotopic (exact) mass is 334 g/mol. The highest BCUT2D eigenvalue weighted by molar-refractivity contribution is 6.64. The van der Waals surface area contributed by atoms with Crippen LogP contribution in [-0.4, -0.2) is 41.9 Å². The first kappa shape index (κ1) is 19.0. The van der Waals surface area contributed by atoms with Gasteiger partial charge in [0.2, 0.25) is 0 Å². The van der Waals surface area contributed by atoms with Crippen LogP contribution in [0.3, 0.4) is 0 Å². The molecule has 5 nitrogen and oxygen atoms in total. The number of aldehydes is 1. The van der Waals surface area contributed by atoms with E-state index in [0.717, 1.165) is 12.7 Å². The van der Waals surface area contributed by atoms with Gasteiger partial charge in [0, 0.05) is 11.0 Å². The van der Waals surface area contributed by atoms with Crippen LogP contribution in [0.2, 0.25) is 0 Å². The molecule has 0 spiro atoms. The first-order chi connectivity index (χ1) is 11.0. The third kappa shape index (κ3) is 3.66. The fourth-order valence-electron chi connectivity index (χ4n) is 2.72. The van der Waals surface area contributed by atoms with Crippen molar-refractivity contribution in [2.24, 2.45) is 0 Å². The van der Waals surface area contributed by atoms with Crippen LogP contribution >= 0.6 is 0 Å². The highest BCUT2D eigenvalue weighted by Gasteiger charge is 2.54. The number of rotatable bonds is 6. The Morgan fingerprint density at radius 1 is 1.29 bits per heavy atom. The summed E-state index contributed by atoms with van der Waals surface area (Å²) in [6, 6.07) is 5.21. The highest BCUT2D eigenvalue weighted by atomic mass is 16.7. The van der Waals surface area contributed by atoms with Crippen LogP contribution in [-0.2, 0) is 9.31 Å². The molecule has 132 valence electrons. The molecule has 1 heterocycles. The predicted molar refractivity (Wildman–Crippen MR) is 94.0 cm³/mol. The summed E-state index contributed by atoms with van der Waals surface area (Å²) in [6.07, 6.45) is 1.55. The minimum absolute atomic E-state index is 0.101. The SMILES string of the molecule is CCC1(C)OB(c2c(C=O)cccc2OCC(C)(C)O)OC1(C)C. The van der Waals surface area contributed by atoms with Gasteiger partial charge in [-0.2, -0.15) is 0 Å². The minimum Gasteiger partial charge on any atom is -0.491 e. The summed E-state index contributed by atoms with van der Waals surface area (Å²) in [5.41, 5.74) is -0.924. The van der Waals surface area contributed by atoms with Gasteiger partial charge in [-0.05, 0) is 47.1 Å². The van der Waals surface area contributed by atoms with Crippen LogP contribution < -0.4 is 10.2 Å². The molecular formula is C18H27BO5. The minimum atomic E-state index is -0.983. The number of hydrogen-bond donors (Lipinski definition) is 1. The van der Waals surface area contributed by atoms with Gasteiger partial charge in [-0.25, -0.2) is 0 Å². The second kappa shape index (κ2) is 6.50. The van der Waals surface area contributed by atoms with Crippen molar-refractivity contribution >= 4 is 18.9 Å². The van der Waals surface area contributed by atoms with Gasteiger partial charge in [-0.1, -0.05) is 19.1 Å². The summed E-state index contributed by atoms with van der Waals surface area (Å²) in [7, 11) is -0.692. The molecule has 1 aromatic rings. The number of carbonyl (C=O) groups is 1. The fourth-order valence-corrected chi connectivity index (χ4v) is 2.72. The maximum absolute atomic E-state index is 11.5. The van der Waals surface area contributed by atoms with E-state index < -0.39 is 23.9 Å². The first-order valence-corrected chi connectivity index (χ1v) is 8.32. The summed E-state index contributed by atoms with van der Waals surface area (Å²) >= 11 is 0. The molecule has 1 atom stereocenters. The van der Waals surface area contributed by atoms with Crippen molar-refractivity contribution in [3.05, 3.63) is 23.8 Å². The van der Waals surface area contributed by atoms with E-state index in [1.807, 2.05) is 27.7 Å². The maximum atomic E-state index is 11.5. The smallest absolute Gasteiger partial charge is 0.491 e. The van der Waals surface area contributed by atoms with Crippen molar-refractivity contribution in [3.8, 4) is 5.75 Å². The Labute approximate surface area is 144 Å². The normalized spacial score (nSPS) is 23.4. The summed E-state index contributed by atoms with van der Waals surface area (Å²) in [6.45, 7) is 11.4. The summed E-state index contributed by atoms with van der Waals surface area (Å²) in [5.74, 6) is 0.489. The molecule has 0 bridgehead atoms. The molecule has 0 amide bonds. The van der Waals surface area contributed by atoms with Gasteiger partial charge in [-0.15, -0.1) is 0 Å². The van der Waals surface area contributed by atoms with E-state index in [9.17, 15) is 9.90 Å². The van der Waals surface area contributed by atoms with Crippen molar-refractivity contribution in [2.75, 3.05) is 6.61 Å². The third-order valence-corrected chi connectivity index (χ3v) is 4.76. The maximum Gasteiger partial charge on any atom is 0.499 e. The van der Waals surface area contributed by atoms with Gasteiger partial charge < -0.3 is 19.2 Å². The topological polar surface area (TPSA) is 65.0 Å². The first-order valence-electron chi connectivity index (χ1n) is 8.32. The molecule has 2 rings (SSSR count). The molecule has 24 heavy (non-hydrogen) atoms. The average Bonchev–Trinajstić information content (AvgIpc) is 2.74. The molecule has 1 aliphatic heterocycles. The largest absolute Gasteiger partial charge is 0.499 e. The second-order valence-corrected chi connectivity index (χ2v) is 7.64. The van der Waals surface area contributed by atoms with Crippen LogP contribution in [0.5, 0.6) is 5.75 Å². The Morgan fingerprint density at radius 3 is 2.46 bits per heavy atom. The van der Waals surface area contributed by atoms with Crippen molar-refractivity contribution < 1.29 is 23.9 Å². The van der Waals surface area contributed by atoms with E-state index in [0.29, 0.717) is 16.8 Å². The van der Waals surface area contributed by atoms with Crippen LogP contribution in [0.15, 0.2) is 18.2 Å². The molecule has 1 aromatic carbocycles. The molecule has 1 N–H and O–H groups in total. The van der Waals surface area contributed by atoms with Gasteiger partial charge in [0.25, 0.3) is 0 Å². The Bertz CT molecular complexity index is 608. The van der Waals surface area contributed by atoms with Crippen LogP contribution in [0, 0.1) is 0 Å². The van der Waals surface area contributed by atoms with Crippen LogP contribution in [0.25, 0.3) is 0 Å². The third-order valence-electron chi connectivity index (χ3n) is 4.76. The van der Waals surface area contributed by atoms with E-state index >= 15 is 0 Å². The van der Waals surface area contributed by atoms with E-state index in [2.05, 4.69) is 0 Å². The molecule has 1 aliphatic rings. The molecule has 0 aliphatic carbocycles. The summed E-state index contributed by atoms with van der Waals surface area (Å²) in [5, 5.41) is 9.91. The lowest BCUT2D eigenvalue weighted by Gasteiger charge is -2.35. The summed E-state index contributed by atoms with van der Waals surface area (Å²) < 4.78 is 18.1. The lowest BCUT2D eigenvalue weighted by atomic mass is 9.75. The zero-order valence-corrected chi connectivity index (χ0v) is 15.4. The highest BCUT2D eigenvalue weighted by Crippen LogP contribution is 2.40. The molecule has 1 saturated heterocycles. The quantitative estimate of drug-likeness (QED) is 0.639. The van der Waals surface area contributed by atoms with Crippen molar-refractivity contribution in [3.63, 3.8) is 0 Å². The average molecular weight is 334 g/mol. The Morgan fingerprint density at radius 2 is 1.96 bits per heavy atom. The van der Waals surface area contributed by atoms with Gasteiger partial charge in [0.1, 0.15) is 18.6 Å². The van der Waals surface area contributed by atoms with Crippen molar-refractivity contribution in [1.29, 1.82) is 0 Å². The van der Waals surface area contributed by atoms with E-state index in [-0.39, 0.29) is 6.61 Å². The second-order valence-electron chi connectivity index (χ2n) is 7.64. The number of hydrogen-bond acceptors (Lipinski definition) is 5. The lowest BCUT2D eigenvalue weighted by Crippen LogP contribution is -2.44. The molecule has 0 saturated carbocycles. The Kier molecular flexibility index (Phi) is 5.14. The van der Waals surface area contributed by atoms with Gasteiger partial charge >= 0.3 is 7.12 Å². The zero-order valence-electron chi connectivity index (χ0n) is 15.4. The van der Waals surface area contributed by atoms with Crippen LogP contribution in [0.4, 0.5) is 0 Å². The van der Waals surface area contributed by atoms with Crippen molar-refractivity contribution in [2.45, 2.75) is 64.8 Å². The molecule has 0 aromatic heterocycles. The van der Waals surface area contributed by atoms with Gasteiger partial charge in [-0.3, -0.25) is 4.79 Å². The van der Waals surface area contributed by atoms with Crippen molar-refractivity contribution in [1.82, 2.24) is 0 Å². The Balaban J connectivity index is 2.40. The predicted octanol–water partition coefficient (Wildman–Crippen LogP) is 2.34. The van der Waals surface area contributed by atoms with Gasteiger partial charge in [0.15, 0.2) is 0 Å².